The zero-order valence-electron chi connectivity index (χ0n) is 10.9. The highest BCUT2D eigenvalue weighted by Gasteiger charge is 2.47. The lowest BCUT2D eigenvalue weighted by atomic mass is 10.4. The van der Waals surface area contributed by atoms with E-state index in [2.05, 4.69) is 33.1 Å². The predicted octanol–water partition coefficient (Wildman–Crippen LogP) is 3.54. The molecule has 0 spiro atoms. The summed E-state index contributed by atoms with van der Waals surface area (Å²) in [6, 6.07) is 1.38. The van der Waals surface area contributed by atoms with Gasteiger partial charge in [0.15, 0.2) is 7.83 Å². The maximum atomic E-state index is 6.21. The molecule has 0 N–H and O–H groups in total. The molecular weight excluding hydrogens is 220 g/mol. The normalized spacial score (nSPS) is 29.0. The maximum absolute atomic E-state index is 6.21. The van der Waals surface area contributed by atoms with Crippen molar-refractivity contribution in [2.24, 2.45) is 0 Å². The molecule has 0 amide bonds. The smallest absolute Gasteiger partial charge is 0.177 e. The van der Waals surface area contributed by atoms with Gasteiger partial charge in [0.05, 0.1) is 7.59 Å². The SMILES string of the molecule is CCCCOC1CC[Si](C)(C)[Si](C)(C)O1. The summed E-state index contributed by atoms with van der Waals surface area (Å²) >= 11 is 0. The number of hydrogen-bond acceptors (Lipinski definition) is 2. The van der Waals surface area contributed by atoms with Gasteiger partial charge in [-0.15, -0.1) is 0 Å². The van der Waals surface area contributed by atoms with Crippen molar-refractivity contribution in [3.63, 3.8) is 0 Å². The fraction of sp³-hybridized carbons (Fsp3) is 1.00. The van der Waals surface area contributed by atoms with Crippen LogP contribution in [-0.4, -0.2) is 28.3 Å². The van der Waals surface area contributed by atoms with E-state index >= 15 is 0 Å². The van der Waals surface area contributed by atoms with Crippen LogP contribution in [0.1, 0.15) is 26.2 Å². The summed E-state index contributed by atoms with van der Waals surface area (Å²) in [5.74, 6) is 0. The van der Waals surface area contributed by atoms with Crippen molar-refractivity contribution in [3.05, 3.63) is 0 Å². The molecular formula is C11H26O2Si2. The Balaban J connectivity index is 2.41. The van der Waals surface area contributed by atoms with E-state index in [0.29, 0.717) is 0 Å². The molecule has 1 unspecified atom stereocenters. The summed E-state index contributed by atoms with van der Waals surface area (Å²) in [7, 11) is -2.50. The van der Waals surface area contributed by atoms with E-state index in [4.69, 9.17) is 9.16 Å². The van der Waals surface area contributed by atoms with Gasteiger partial charge < -0.3 is 9.16 Å². The Bertz CT molecular complexity index is 205. The van der Waals surface area contributed by atoms with Crippen molar-refractivity contribution in [1.29, 1.82) is 0 Å². The van der Waals surface area contributed by atoms with Gasteiger partial charge in [0.25, 0.3) is 0 Å². The summed E-state index contributed by atoms with van der Waals surface area (Å²) < 4.78 is 12.0. The molecule has 0 radical (unpaired) electrons. The molecule has 1 heterocycles. The minimum absolute atomic E-state index is 0.110. The lowest BCUT2D eigenvalue weighted by molar-refractivity contribution is -0.0894. The van der Waals surface area contributed by atoms with Gasteiger partial charge in [-0.25, -0.2) is 0 Å². The highest BCUT2D eigenvalue weighted by molar-refractivity contribution is 7.38. The van der Waals surface area contributed by atoms with Crippen LogP contribution in [0.15, 0.2) is 0 Å². The first-order valence-corrected chi connectivity index (χ1v) is 13.3. The summed E-state index contributed by atoms with van der Waals surface area (Å²) in [5, 5.41) is 0. The highest BCUT2D eigenvalue weighted by atomic mass is 29.3. The first kappa shape index (κ1) is 13.4. The lowest BCUT2D eigenvalue weighted by Crippen LogP contribution is -2.62. The molecule has 1 saturated heterocycles. The Labute approximate surface area is 96.3 Å². The maximum Gasteiger partial charge on any atom is 0.177 e. The Morgan fingerprint density at radius 1 is 1.27 bits per heavy atom. The molecule has 1 rings (SSSR count). The molecule has 90 valence electrons. The van der Waals surface area contributed by atoms with Gasteiger partial charge in [0.2, 0.25) is 0 Å². The van der Waals surface area contributed by atoms with Crippen molar-refractivity contribution in [2.75, 3.05) is 6.61 Å². The first-order valence-electron chi connectivity index (χ1n) is 6.18. The van der Waals surface area contributed by atoms with Crippen LogP contribution in [0.3, 0.4) is 0 Å². The molecule has 1 aliphatic heterocycles. The van der Waals surface area contributed by atoms with Gasteiger partial charge in [-0.3, -0.25) is 0 Å². The van der Waals surface area contributed by atoms with Crippen molar-refractivity contribution < 1.29 is 9.16 Å². The summed E-state index contributed by atoms with van der Waals surface area (Å²) in [6.07, 6.45) is 3.59. The molecule has 4 heteroatoms. The fourth-order valence-corrected chi connectivity index (χ4v) is 8.12. The third-order valence-electron chi connectivity index (χ3n) is 3.86. The Morgan fingerprint density at radius 3 is 2.47 bits per heavy atom. The van der Waals surface area contributed by atoms with Gasteiger partial charge in [-0.1, -0.05) is 32.5 Å². The van der Waals surface area contributed by atoms with Crippen LogP contribution in [-0.2, 0) is 9.16 Å². The topological polar surface area (TPSA) is 18.5 Å². The molecule has 0 aromatic carbocycles. The quantitative estimate of drug-likeness (QED) is 0.558. The lowest BCUT2D eigenvalue weighted by Gasteiger charge is -2.45. The van der Waals surface area contributed by atoms with Crippen LogP contribution in [0, 0.1) is 0 Å². The molecule has 0 saturated carbocycles. The molecule has 1 fully saturated rings. The zero-order valence-corrected chi connectivity index (χ0v) is 12.9. The number of hydrogen-bond donors (Lipinski definition) is 0. The van der Waals surface area contributed by atoms with E-state index in [1.54, 1.807) is 0 Å². The molecule has 1 atom stereocenters. The molecule has 0 aromatic rings. The second-order valence-electron chi connectivity index (χ2n) is 5.70. The van der Waals surface area contributed by atoms with Gasteiger partial charge in [0, 0.05) is 6.61 Å². The minimum Gasteiger partial charge on any atom is -0.396 e. The Kier molecular flexibility index (Phi) is 4.58. The predicted molar refractivity (Wildman–Crippen MR) is 70.1 cm³/mol. The van der Waals surface area contributed by atoms with Crippen LogP contribution >= 0.6 is 0 Å². The van der Waals surface area contributed by atoms with E-state index in [-0.39, 0.29) is 6.29 Å². The van der Waals surface area contributed by atoms with Gasteiger partial charge in [-0.2, -0.15) is 0 Å². The molecule has 0 aliphatic carbocycles. The van der Waals surface area contributed by atoms with E-state index in [0.717, 1.165) is 19.4 Å². The standard InChI is InChI=1S/C11H26O2Si2/c1-6-7-9-12-11-8-10-14(2,3)15(4,5)13-11/h11H,6-10H2,1-5H3. The van der Waals surface area contributed by atoms with Crippen LogP contribution in [0.5, 0.6) is 0 Å². The molecule has 0 bridgehead atoms. The van der Waals surface area contributed by atoms with E-state index in [1.165, 1.54) is 12.5 Å². The van der Waals surface area contributed by atoms with Crippen LogP contribution in [0.2, 0.25) is 32.2 Å². The third kappa shape index (κ3) is 3.41. The average molecular weight is 246 g/mol. The number of unbranched alkanes of at least 4 members (excludes halogenated alkanes) is 1. The minimum atomic E-state index is -1.43. The number of rotatable bonds is 4. The number of ether oxygens (including phenoxy) is 1. The van der Waals surface area contributed by atoms with Crippen molar-refractivity contribution in [1.82, 2.24) is 0 Å². The van der Waals surface area contributed by atoms with Crippen LogP contribution < -0.4 is 0 Å². The largest absolute Gasteiger partial charge is 0.396 e. The monoisotopic (exact) mass is 246 g/mol. The average Bonchev–Trinajstić information content (AvgIpc) is 2.12. The second kappa shape index (κ2) is 5.12. The van der Waals surface area contributed by atoms with Gasteiger partial charge in [0.1, 0.15) is 6.29 Å². The molecule has 2 nitrogen and oxygen atoms in total. The first-order chi connectivity index (χ1) is 6.89. The van der Waals surface area contributed by atoms with Crippen molar-refractivity contribution in [2.45, 2.75) is 64.7 Å². The van der Waals surface area contributed by atoms with E-state index in [1.807, 2.05) is 0 Å². The molecule has 15 heavy (non-hydrogen) atoms. The molecule has 0 aromatic heterocycles. The zero-order chi connectivity index (χ0) is 11.5. The van der Waals surface area contributed by atoms with Gasteiger partial charge in [-0.05, 0) is 25.9 Å². The van der Waals surface area contributed by atoms with E-state index in [9.17, 15) is 0 Å². The summed E-state index contributed by atoms with van der Waals surface area (Å²) in [5.41, 5.74) is 0. The van der Waals surface area contributed by atoms with E-state index < -0.39 is 15.4 Å². The van der Waals surface area contributed by atoms with Crippen molar-refractivity contribution >= 4 is 15.4 Å². The van der Waals surface area contributed by atoms with Crippen LogP contribution in [0.25, 0.3) is 0 Å². The summed E-state index contributed by atoms with van der Waals surface area (Å²) in [6.45, 7) is 12.7. The van der Waals surface area contributed by atoms with Crippen LogP contribution in [0.4, 0.5) is 0 Å². The fourth-order valence-electron chi connectivity index (χ4n) is 1.80. The van der Waals surface area contributed by atoms with Crippen molar-refractivity contribution in [3.8, 4) is 0 Å². The Hall–Kier alpha value is 0.354. The Morgan fingerprint density at radius 2 is 1.93 bits per heavy atom. The second-order valence-corrected chi connectivity index (χ2v) is 20.9. The molecule has 1 aliphatic rings. The summed E-state index contributed by atoms with van der Waals surface area (Å²) in [4.78, 5) is 0. The van der Waals surface area contributed by atoms with Gasteiger partial charge >= 0.3 is 0 Å². The third-order valence-corrected chi connectivity index (χ3v) is 20.4. The highest BCUT2D eigenvalue weighted by Crippen LogP contribution is 2.33.